The summed E-state index contributed by atoms with van der Waals surface area (Å²) < 4.78 is 12.7. The van der Waals surface area contributed by atoms with Gasteiger partial charge < -0.3 is 19.5 Å². The van der Waals surface area contributed by atoms with Gasteiger partial charge in [0.25, 0.3) is 0 Å². The Morgan fingerprint density at radius 1 is 1.03 bits per heavy atom. The van der Waals surface area contributed by atoms with Gasteiger partial charge in [0, 0.05) is 63.8 Å². The summed E-state index contributed by atoms with van der Waals surface area (Å²) in [6.07, 6.45) is 2.42. The summed E-state index contributed by atoms with van der Waals surface area (Å²) in [5.41, 5.74) is 5.55. The molecule has 0 bridgehead atoms. The number of morpholine rings is 1. The maximum absolute atomic E-state index is 12.5. The highest BCUT2D eigenvalue weighted by Gasteiger charge is 2.18. The number of rotatable bonds is 6. The molecule has 0 unspecified atom stereocenters. The molecular weight excluding hydrogens is 398 g/mol. The number of oxazole rings is 1. The number of likely N-dealkylation sites (N-methyl/N-ethyl adjacent to an activating group) is 1. The first-order chi connectivity index (χ1) is 15.2. The number of nitrogens with zero attached hydrogens (tertiary/aromatic N) is 6. The number of ether oxygens (including phenoxy) is 1. The van der Waals surface area contributed by atoms with Crippen LogP contribution in [0.25, 0.3) is 22.0 Å². The van der Waals surface area contributed by atoms with E-state index in [-0.39, 0.29) is 5.76 Å². The van der Waals surface area contributed by atoms with Gasteiger partial charge in [-0.15, -0.1) is 0 Å². The standard InChI is InChI=1S/C21H29N7O3/c1-25-5-7-27(8-6-25)24-20-16-13-18-19(14-17(16)22-15-23-20)31-21(29)28(18)4-2-3-26-9-11-30-12-10-26/h13-15H,2-12H2,1H3,(H,22,23,24). The molecule has 0 aliphatic carbocycles. The highest BCUT2D eigenvalue weighted by atomic mass is 16.5. The third-order valence-electron chi connectivity index (χ3n) is 6.15. The summed E-state index contributed by atoms with van der Waals surface area (Å²) in [5.74, 6) is 0.429. The molecule has 0 amide bonds. The van der Waals surface area contributed by atoms with Crippen molar-refractivity contribution in [2.45, 2.75) is 13.0 Å². The summed E-state index contributed by atoms with van der Waals surface area (Å²) in [6.45, 7) is 8.86. The van der Waals surface area contributed by atoms with Crippen molar-refractivity contribution in [2.24, 2.45) is 0 Å². The van der Waals surface area contributed by atoms with Crippen molar-refractivity contribution in [1.82, 2.24) is 29.3 Å². The van der Waals surface area contributed by atoms with Crippen molar-refractivity contribution in [3.8, 4) is 0 Å². The third-order valence-corrected chi connectivity index (χ3v) is 6.15. The summed E-state index contributed by atoms with van der Waals surface area (Å²) in [7, 11) is 2.13. The molecule has 5 rings (SSSR count). The molecule has 2 aliphatic heterocycles. The number of hydrogen-bond donors (Lipinski definition) is 1. The Hall–Kier alpha value is -2.53. The lowest BCUT2D eigenvalue weighted by Gasteiger charge is -2.32. The lowest BCUT2D eigenvalue weighted by Crippen LogP contribution is -2.47. The van der Waals surface area contributed by atoms with Gasteiger partial charge >= 0.3 is 5.76 Å². The fraction of sp³-hybridized carbons (Fsp3) is 0.571. The lowest BCUT2D eigenvalue weighted by atomic mass is 10.2. The van der Waals surface area contributed by atoms with E-state index < -0.39 is 0 Å². The van der Waals surface area contributed by atoms with Gasteiger partial charge in [-0.2, -0.15) is 0 Å². The van der Waals surface area contributed by atoms with Gasteiger partial charge in [0.05, 0.1) is 24.2 Å². The van der Waals surface area contributed by atoms with E-state index in [0.717, 1.165) is 87.7 Å². The summed E-state index contributed by atoms with van der Waals surface area (Å²) >= 11 is 0. The second-order valence-electron chi connectivity index (χ2n) is 8.29. The van der Waals surface area contributed by atoms with Gasteiger partial charge in [-0.05, 0) is 19.5 Å². The molecule has 2 saturated heterocycles. The molecule has 2 fully saturated rings. The maximum atomic E-state index is 12.5. The first kappa shape index (κ1) is 20.4. The van der Waals surface area contributed by atoms with E-state index in [1.165, 1.54) is 0 Å². The molecule has 0 atom stereocenters. The summed E-state index contributed by atoms with van der Waals surface area (Å²) in [6, 6.07) is 3.81. The topological polar surface area (TPSA) is 91.9 Å². The monoisotopic (exact) mass is 427 g/mol. The van der Waals surface area contributed by atoms with Crippen LogP contribution < -0.4 is 11.2 Å². The van der Waals surface area contributed by atoms with E-state index >= 15 is 0 Å². The number of nitrogens with one attached hydrogen (secondary N) is 1. The van der Waals surface area contributed by atoms with E-state index in [0.29, 0.717) is 12.1 Å². The Kier molecular flexibility index (Phi) is 5.86. The molecule has 166 valence electrons. The normalized spacial score (nSPS) is 19.4. The molecule has 10 heteroatoms. The fourth-order valence-electron chi connectivity index (χ4n) is 4.26. The van der Waals surface area contributed by atoms with Crippen LogP contribution in [0.4, 0.5) is 5.82 Å². The Morgan fingerprint density at radius 3 is 2.65 bits per heavy atom. The van der Waals surface area contributed by atoms with E-state index in [9.17, 15) is 4.79 Å². The first-order valence-corrected chi connectivity index (χ1v) is 11.0. The number of piperazine rings is 1. The predicted octanol–water partition coefficient (Wildman–Crippen LogP) is 0.834. The zero-order valence-electron chi connectivity index (χ0n) is 17.9. The molecule has 2 aromatic heterocycles. The van der Waals surface area contributed by atoms with E-state index in [1.807, 2.05) is 12.1 Å². The highest BCUT2D eigenvalue weighted by Crippen LogP contribution is 2.26. The van der Waals surface area contributed by atoms with Crippen molar-refractivity contribution in [3.05, 3.63) is 29.0 Å². The molecule has 31 heavy (non-hydrogen) atoms. The van der Waals surface area contributed by atoms with Gasteiger partial charge in [0.15, 0.2) is 11.4 Å². The quantitative estimate of drug-likeness (QED) is 0.614. The molecule has 0 spiro atoms. The van der Waals surface area contributed by atoms with Gasteiger partial charge in [-0.3, -0.25) is 9.47 Å². The Labute approximate surface area is 180 Å². The van der Waals surface area contributed by atoms with Crippen LogP contribution in [0.5, 0.6) is 0 Å². The van der Waals surface area contributed by atoms with Gasteiger partial charge in [0.2, 0.25) is 0 Å². The minimum absolute atomic E-state index is 0.325. The number of hydrogen-bond acceptors (Lipinski definition) is 9. The second-order valence-corrected chi connectivity index (χ2v) is 8.29. The number of aromatic nitrogens is 3. The zero-order valence-corrected chi connectivity index (χ0v) is 17.9. The van der Waals surface area contributed by atoms with Gasteiger partial charge in [-0.1, -0.05) is 0 Å². The minimum atomic E-state index is -0.325. The van der Waals surface area contributed by atoms with Crippen LogP contribution in [-0.4, -0.2) is 95.4 Å². The smallest absolute Gasteiger partial charge is 0.408 e. The largest absolute Gasteiger partial charge is 0.419 e. The molecule has 0 radical (unpaired) electrons. The average Bonchev–Trinajstić information content (AvgIpc) is 3.09. The number of anilines is 1. The molecule has 4 heterocycles. The van der Waals surface area contributed by atoms with Crippen LogP contribution >= 0.6 is 0 Å². The minimum Gasteiger partial charge on any atom is -0.408 e. The molecular formula is C21H29N7O3. The lowest BCUT2D eigenvalue weighted by molar-refractivity contribution is 0.0369. The van der Waals surface area contributed by atoms with E-state index in [4.69, 9.17) is 9.15 Å². The fourth-order valence-corrected chi connectivity index (χ4v) is 4.26. The summed E-state index contributed by atoms with van der Waals surface area (Å²) in [5, 5.41) is 3.06. The Morgan fingerprint density at radius 2 is 1.84 bits per heavy atom. The number of hydrazine groups is 1. The molecule has 10 nitrogen and oxygen atoms in total. The van der Waals surface area contributed by atoms with Crippen LogP contribution in [0, 0.1) is 0 Å². The van der Waals surface area contributed by atoms with Crippen molar-refractivity contribution >= 4 is 27.8 Å². The van der Waals surface area contributed by atoms with Crippen LogP contribution in [-0.2, 0) is 11.3 Å². The third kappa shape index (κ3) is 4.42. The van der Waals surface area contributed by atoms with Crippen molar-refractivity contribution in [2.75, 3.05) is 71.5 Å². The van der Waals surface area contributed by atoms with Gasteiger partial charge in [0.1, 0.15) is 6.33 Å². The predicted molar refractivity (Wildman–Crippen MR) is 118 cm³/mol. The number of aryl methyl sites for hydroxylation is 1. The first-order valence-electron chi connectivity index (χ1n) is 11.0. The van der Waals surface area contributed by atoms with Crippen LogP contribution in [0.2, 0.25) is 0 Å². The Bertz CT molecular complexity index is 1100. The Balaban J connectivity index is 1.39. The zero-order chi connectivity index (χ0) is 21.2. The van der Waals surface area contributed by atoms with Crippen LogP contribution in [0.3, 0.4) is 0 Å². The second kappa shape index (κ2) is 8.91. The van der Waals surface area contributed by atoms with E-state index in [1.54, 1.807) is 10.9 Å². The number of fused-ring (bicyclic) bond motifs is 2. The highest BCUT2D eigenvalue weighted by molar-refractivity contribution is 5.97. The van der Waals surface area contributed by atoms with Gasteiger partial charge in [-0.25, -0.2) is 19.8 Å². The summed E-state index contributed by atoms with van der Waals surface area (Å²) in [4.78, 5) is 26.1. The molecule has 2 aliphatic rings. The average molecular weight is 428 g/mol. The van der Waals surface area contributed by atoms with E-state index in [2.05, 4.69) is 37.3 Å². The number of benzene rings is 1. The van der Waals surface area contributed by atoms with Crippen LogP contribution in [0.15, 0.2) is 27.7 Å². The molecule has 3 aromatic rings. The van der Waals surface area contributed by atoms with Crippen molar-refractivity contribution < 1.29 is 9.15 Å². The maximum Gasteiger partial charge on any atom is 0.419 e. The molecule has 1 aromatic carbocycles. The molecule has 0 saturated carbocycles. The van der Waals surface area contributed by atoms with Crippen molar-refractivity contribution in [1.29, 1.82) is 0 Å². The molecule has 1 N–H and O–H groups in total. The van der Waals surface area contributed by atoms with Crippen LogP contribution in [0.1, 0.15) is 6.42 Å². The SMILES string of the molecule is CN1CCN(Nc2ncnc3cc4oc(=O)n(CCCN5CCOCC5)c4cc23)CC1. The van der Waals surface area contributed by atoms with Crippen molar-refractivity contribution in [3.63, 3.8) is 0 Å².